The summed E-state index contributed by atoms with van der Waals surface area (Å²) in [5.41, 5.74) is 7.88. The molecule has 1 aliphatic heterocycles. The van der Waals surface area contributed by atoms with Gasteiger partial charge in [0.15, 0.2) is 5.58 Å². The molecule has 1 atom stereocenters. The van der Waals surface area contributed by atoms with Gasteiger partial charge < -0.3 is 20.4 Å². The van der Waals surface area contributed by atoms with E-state index in [4.69, 9.17) is 10.2 Å². The highest BCUT2D eigenvalue weighted by atomic mass is 16.4. The van der Waals surface area contributed by atoms with Crippen molar-refractivity contribution >= 4 is 28.7 Å². The van der Waals surface area contributed by atoms with E-state index in [-0.39, 0.29) is 11.8 Å². The molecule has 0 saturated carbocycles. The van der Waals surface area contributed by atoms with Crippen molar-refractivity contribution in [3.8, 4) is 0 Å². The smallest absolute Gasteiger partial charge is 0.298 e. The Morgan fingerprint density at radius 1 is 1.55 bits per heavy atom. The fourth-order valence-electron chi connectivity index (χ4n) is 2.64. The van der Waals surface area contributed by atoms with Crippen LogP contribution in [-0.2, 0) is 4.79 Å². The van der Waals surface area contributed by atoms with E-state index in [0.717, 1.165) is 30.5 Å². The van der Waals surface area contributed by atoms with Crippen LogP contribution in [0, 0.1) is 5.92 Å². The zero-order chi connectivity index (χ0) is 14.1. The predicted molar refractivity (Wildman–Crippen MR) is 77.4 cm³/mol. The number of carbonyl (C=O) groups is 1. The summed E-state index contributed by atoms with van der Waals surface area (Å²) in [6.07, 6.45) is 1.86. The molecule has 6 nitrogen and oxygen atoms in total. The summed E-state index contributed by atoms with van der Waals surface area (Å²) in [5.74, 6) is 0.0730. The van der Waals surface area contributed by atoms with E-state index >= 15 is 0 Å². The SMILES string of the molecule is CNC(=O)C1CCCN(c2nc3cc(N)ccc3o2)C1. The Hall–Kier alpha value is -2.24. The van der Waals surface area contributed by atoms with Gasteiger partial charge in [-0.25, -0.2) is 0 Å². The fraction of sp³-hybridized carbons (Fsp3) is 0.429. The number of nitrogens with one attached hydrogen (secondary N) is 1. The van der Waals surface area contributed by atoms with Gasteiger partial charge >= 0.3 is 0 Å². The Morgan fingerprint density at radius 2 is 2.40 bits per heavy atom. The Morgan fingerprint density at radius 3 is 3.20 bits per heavy atom. The standard InChI is InChI=1S/C14H18N4O2/c1-16-13(19)9-3-2-6-18(8-9)14-17-11-7-10(15)4-5-12(11)20-14/h4-5,7,9H,2-3,6,8,15H2,1H3,(H,16,19). The van der Waals surface area contributed by atoms with Crippen molar-refractivity contribution in [2.45, 2.75) is 12.8 Å². The molecule has 0 spiro atoms. The lowest BCUT2D eigenvalue weighted by Crippen LogP contribution is -2.42. The molecular weight excluding hydrogens is 256 g/mol. The summed E-state index contributed by atoms with van der Waals surface area (Å²) in [6.45, 7) is 1.50. The molecule has 6 heteroatoms. The molecule has 1 amide bonds. The number of fused-ring (bicyclic) bond motifs is 1. The van der Waals surface area contributed by atoms with Crippen molar-refractivity contribution in [3.63, 3.8) is 0 Å². The Bertz CT molecular complexity index is 637. The Kier molecular flexibility index (Phi) is 3.22. The summed E-state index contributed by atoms with van der Waals surface area (Å²) < 4.78 is 5.75. The van der Waals surface area contributed by atoms with Gasteiger partial charge in [0.05, 0.1) is 5.92 Å². The highest BCUT2D eigenvalue weighted by Crippen LogP contribution is 2.27. The lowest BCUT2D eigenvalue weighted by atomic mass is 9.97. The molecule has 1 saturated heterocycles. The number of nitrogen functional groups attached to an aromatic ring is 1. The van der Waals surface area contributed by atoms with Crippen molar-refractivity contribution in [1.82, 2.24) is 10.3 Å². The van der Waals surface area contributed by atoms with Crippen molar-refractivity contribution < 1.29 is 9.21 Å². The number of rotatable bonds is 2. The average Bonchev–Trinajstić information content (AvgIpc) is 2.89. The van der Waals surface area contributed by atoms with E-state index < -0.39 is 0 Å². The van der Waals surface area contributed by atoms with Crippen LogP contribution >= 0.6 is 0 Å². The van der Waals surface area contributed by atoms with Crippen LogP contribution in [0.25, 0.3) is 11.1 Å². The third-order valence-electron chi connectivity index (χ3n) is 3.71. The minimum absolute atomic E-state index is 0.00571. The lowest BCUT2D eigenvalue weighted by molar-refractivity contribution is -0.124. The van der Waals surface area contributed by atoms with Crippen LogP contribution in [0.15, 0.2) is 22.6 Å². The normalized spacial score (nSPS) is 19.2. The van der Waals surface area contributed by atoms with Crippen LogP contribution in [-0.4, -0.2) is 31.0 Å². The first-order valence-electron chi connectivity index (χ1n) is 6.80. The molecule has 1 aromatic heterocycles. The van der Waals surface area contributed by atoms with E-state index in [1.165, 1.54) is 0 Å². The van der Waals surface area contributed by atoms with Gasteiger partial charge in [0.1, 0.15) is 5.52 Å². The molecule has 1 fully saturated rings. The number of carbonyl (C=O) groups excluding carboxylic acids is 1. The minimum atomic E-state index is -0.00571. The molecule has 2 aromatic rings. The summed E-state index contributed by atoms with van der Waals surface area (Å²) in [5, 5.41) is 2.71. The van der Waals surface area contributed by atoms with Gasteiger partial charge in [-0.1, -0.05) is 0 Å². The van der Waals surface area contributed by atoms with E-state index in [9.17, 15) is 4.79 Å². The van der Waals surface area contributed by atoms with Crippen LogP contribution < -0.4 is 16.0 Å². The van der Waals surface area contributed by atoms with Crippen molar-refractivity contribution in [2.24, 2.45) is 5.92 Å². The number of piperidine rings is 1. The zero-order valence-electron chi connectivity index (χ0n) is 11.4. The molecular formula is C14H18N4O2. The van der Waals surface area contributed by atoms with Gasteiger partial charge in [-0.05, 0) is 31.0 Å². The number of oxazole rings is 1. The predicted octanol–water partition coefficient (Wildman–Crippen LogP) is 1.37. The topological polar surface area (TPSA) is 84.4 Å². The number of hydrogen-bond donors (Lipinski definition) is 2. The number of nitrogens with zero attached hydrogens (tertiary/aromatic N) is 2. The average molecular weight is 274 g/mol. The largest absolute Gasteiger partial charge is 0.423 e. The van der Waals surface area contributed by atoms with Crippen LogP contribution in [0.2, 0.25) is 0 Å². The maximum Gasteiger partial charge on any atom is 0.298 e. The summed E-state index contributed by atoms with van der Waals surface area (Å²) in [4.78, 5) is 18.2. The molecule has 1 aliphatic rings. The second-order valence-electron chi connectivity index (χ2n) is 5.12. The Labute approximate surface area is 116 Å². The van der Waals surface area contributed by atoms with Crippen LogP contribution in [0.5, 0.6) is 0 Å². The van der Waals surface area contributed by atoms with E-state index in [1.54, 1.807) is 19.2 Å². The maximum atomic E-state index is 11.8. The third kappa shape index (κ3) is 2.29. The van der Waals surface area contributed by atoms with Gasteiger partial charge in [0, 0.05) is 25.8 Å². The van der Waals surface area contributed by atoms with Crippen LogP contribution in [0.1, 0.15) is 12.8 Å². The second kappa shape index (κ2) is 5.03. The van der Waals surface area contributed by atoms with Crippen molar-refractivity contribution in [3.05, 3.63) is 18.2 Å². The quantitative estimate of drug-likeness (QED) is 0.808. The number of nitrogens with two attached hydrogens (primary N) is 1. The molecule has 2 heterocycles. The first-order chi connectivity index (χ1) is 9.67. The summed E-state index contributed by atoms with van der Waals surface area (Å²) in [7, 11) is 1.67. The van der Waals surface area contributed by atoms with Gasteiger partial charge in [0.25, 0.3) is 6.01 Å². The molecule has 20 heavy (non-hydrogen) atoms. The van der Waals surface area contributed by atoms with Crippen molar-refractivity contribution in [1.29, 1.82) is 0 Å². The van der Waals surface area contributed by atoms with Gasteiger partial charge in [-0.3, -0.25) is 4.79 Å². The molecule has 1 unspecified atom stereocenters. The summed E-state index contributed by atoms with van der Waals surface area (Å²) in [6, 6.07) is 5.98. The number of amides is 1. The molecule has 0 bridgehead atoms. The molecule has 0 radical (unpaired) electrons. The van der Waals surface area contributed by atoms with E-state index in [1.807, 2.05) is 11.0 Å². The highest BCUT2D eigenvalue weighted by molar-refractivity contribution is 5.80. The monoisotopic (exact) mass is 274 g/mol. The molecule has 3 rings (SSSR count). The van der Waals surface area contributed by atoms with Crippen LogP contribution in [0.4, 0.5) is 11.7 Å². The van der Waals surface area contributed by atoms with Crippen molar-refractivity contribution in [2.75, 3.05) is 30.8 Å². The Balaban J connectivity index is 1.84. The number of aromatic nitrogens is 1. The van der Waals surface area contributed by atoms with Gasteiger partial charge in [-0.2, -0.15) is 4.98 Å². The first-order valence-corrected chi connectivity index (χ1v) is 6.80. The van der Waals surface area contributed by atoms with Crippen LogP contribution in [0.3, 0.4) is 0 Å². The number of benzene rings is 1. The van der Waals surface area contributed by atoms with E-state index in [2.05, 4.69) is 10.3 Å². The third-order valence-corrected chi connectivity index (χ3v) is 3.71. The second-order valence-corrected chi connectivity index (χ2v) is 5.12. The minimum Gasteiger partial charge on any atom is -0.423 e. The van der Waals surface area contributed by atoms with Gasteiger partial charge in [0.2, 0.25) is 5.91 Å². The first kappa shape index (κ1) is 12.8. The molecule has 1 aromatic carbocycles. The molecule has 106 valence electrons. The molecule has 0 aliphatic carbocycles. The maximum absolute atomic E-state index is 11.8. The van der Waals surface area contributed by atoms with E-state index in [0.29, 0.717) is 18.2 Å². The fourth-order valence-corrected chi connectivity index (χ4v) is 2.64. The number of anilines is 2. The zero-order valence-corrected chi connectivity index (χ0v) is 11.4. The molecule has 3 N–H and O–H groups in total. The van der Waals surface area contributed by atoms with Gasteiger partial charge in [-0.15, -0.1) is 0 Å². The number of hydrogen-bond acceptors (Lipinski definition) is 5. The lowest BCUT2D eigenvalue weighted by Gasteiger charge is -2.30. The highest BCUT2D eigenvalue weighted by Gasteiger charge is 2.27. The summed E-state index contributed by atoms with van der Waals surface area (Å²) >= 11 is 0.